The number of amides is 2. The van der Waals surface area contributed by atoms with Crippen LogP contribution < -0.4 is 5.32 Å². The number of nitrogens with zero attached hydrogens (tertiary/aromatic N) is 5. The van der Waals surface area contributed by atoms with Gasteiger partial charge in [0.25, 0.3) is 0 Å². The summed E-state index contributed by atoms with van der Waals surface area (Å²) in [6.07, 6.45) is 14.0. The van der Waals surface area contributed by atoms with Crippen molar-refractivity contribution < 1.29 is 9.59 Å². The molecule has 2 amide bonds. The highest BCUT2D eigenvalue weighted by atomic mass is 32.1. The summed E-state index contributed by atoms with van der Waals surface area (Å²) in [5.74, 6) is -0.288. The number of likely N-dealkylation sites (N-methyl/N-ethyl adjacent to an activating group) is 1. The third-order valence-electron chi connectivity index (χ3n) is 8.27. The number of anilines is 1. The van der Waals surface area contributed by atoms with E-state index in [-0.39, 0.29) is 11.1 Å². The number of hydrogen-bond acceptors (Lipinski definition) is 7. The number of aromatic amines is 1. The van der Waals surface area contributed by atoms with Gasteiger partial charge >= 0.3 is 11.8 Å². The van der Waals surface area contributed by atoms with Gasteiger partial charge in [0.05, 0.1) is 34.3 Å². The Morgan fingerprint density at radius 2 is 1.88 bits per heavy atom. The van der Waals surface area contributed by atoms with Crippen molar-refractivity contribution in [3.63, 3.8) is 0 Å². The first kappa shape index (κ1) is 30.8. The van der Waals surface area contributed by atoms with Gasteiger partial charge in [-0.05, 0) is 79.3 Å². The number of thiazole rings is 1. The van der Waals surface area contributed by atoms with E-state index in [9.17, 15) is 9.59 Å². The van der Waals surface area contributed by atoms with Gasteiger partial charge in [-0.15, -0.1) is 11.3 Å². The van der Waals surface area contributed by atoms with Crippen molar-refractivity contribution in [3.05, 3.63) is 40.2 Å². The molecule has 1 aliphatic carbocycles. The van der Waals surface area contributed by atoms with Crippen LogP contribution in [0.1, 0.15) is 89.2 Å². The fraction of sp³-hybridized carbons (Fsp3) is 0.581. The van der Waals surface area contributed by atoms with Gasteiger partial charge in [-0.3, -0.25) is 24.6 Å². The molecule has 41 heavy (non-hydrogen) atoms. The molecule has 0 atom stereocenters. The van der Waals surface area contributed by atoms with E-state index in [1.807, 2.05) is 32.1 Å². The zero-order valence-electron chi connectivity index (χ0n) is 25.7. The van der Waals surface area contributed by atoms with Gasteiger partial charge in [-0.1, -0.05) is 19.9 Å². The molecule has 0 spiro atoms. The third kappa shape index (κ3) is 7.04. The van der Waals surface area contributed by atoms with E-state index in [1.54, 1.807) is 12.4 Å². The first-order valence-corrected chi connectivity index (χ1v) is 15.4. The number of pyridine rings is 1. The van der Waals surface area contributed by atoms with E-state index in [4.69, 9.17) is 4.98 Å². The largest absolute Gasteiger partial charge is 0.334 e. The first-order chi connectivity index (χ1) is 19.3. The number of hydrogen-bond donors (Lipinski definition) is 2. The Morgan fingerprint density at radius 1 is 1.17 bits per heavy atom. The van der Waals surface area contributed by atoms with Crippen LogP contribution in [0.4, 0.5) is 5.69 Å². The minimum Gasteiger partial charge on any atom is -0.334 e. The summed E-state index contributed by atoms with van der Waals surface area (Å²) in [6.45, 7) is 16.4. The Balaban J connectivity index is 0.000000189. The molecule has 0 aromatic carbocycles. The lowest BCUT2D eigenvalue weighted by Gasteiger charge is -2.53. The lowest BCUT2D eigenvalue weighted by molar-refractivity contribution is -0.143. The van der Waals surface area contributed by atoms with Crippen LogP contribution in [0, 0.1) is 5.92 Å². The van der Waals surface area contributed by atoms with E-state index < -0.39 is 11.8 Å². The summed E-state index contributed by atoms with van der Waals surface area (Å²) in [4.78, 5) is 38.8. The first-order valence-electron chi connectivity index (χ1n) is 14.6. The molecular weight excluding hydrogens is 534 g/mol. The van der Waals surface area contributed by atoms with Crippen molar-refractivity contribution >= 4 is 45.8 Å². The van der Waals surface area contributed by atoms with Gasteiger partial charge in [0, 0.05) is 46.5 Å². The number of aromatic nitrogens is 4. The Kier molecular flexibility index (Phi) is 9.33. The van der Waals surface area contributed by atoms with Crippen LogP contribution in [-0.2, 0) is 16.0 Å². The van der Waals surface area contributed by atoms with E-state index in [0.717, 1.165) is 5.39 Å². The summed E-state index contributed by atoms with van der Waals surface area (Å²) in [5.41, 5.74) is 2.83. The van der Waals surface area contributed by atoms with Crippen molar-refractivity contribution in [3.8, 4) is 0 Å². The van der Waals surface area contributed by atoms with Crippen LogP contribution in [0.3, 0.4) is 0 Å². The minimum absolute atomic E-state index is 0.244. The molecule has 3 aromatic heterocycles. The fourth-order valence-corrected chi connectivity index (χ4v) is 7.07. The van der Waals surface area contributed by atoms with Crippen molar-refractivity contribution in [2.24, 2.45) is 5.92 Å². The molecule has 2 N–H and O–H groups in total. The van der Waals surface area contributed by atoms with E-state index >= 15 is 0 Å². The van der Waals surface area contributed by atoms with E-state index in [0.29, 0.717) is 36.1 Å². The molecule has 1 saturated heterocycles. The molecule has 4 heterocycles. The molecule has 0 bridgehead atoms. The zero-order chi connectivity index (χ0) is 29.9. The molecule has 0 radical (unpaired) electrons. The number of nitrogens with one attached hydrogen (secondary N) is 2. The third-order valence-corrected chi connectivity index (χ3v) is 9.56. The quantitative estimate of drug-likeness (QED) is 0.366. The number of carbonyl (C=O) groups excluding carboxylic acids is 2. The van der Waals surface area contributed by atoms with Gasteiger partial charge in [-0.25, -0.2) is 4.98 Å². The molecule has 2 aliphatic rings. The number of piperidine rings is 1. The number of carbonyl (C=O) groups is 2. The predicted octanol–water partition coefficient (Wildman–Crippen LogP) is 5.87. The number of allylic oxidation sites excluding steroid dienone is 1. The highest BCUT2D eigenvalue weighted by molar-refractivity contribution is 7.12. The molecule has 0 saturated carbocycles. The number of H-pyrrole nitrogens is 1. The average molecular weight is 580 g/mol. The molecule has 3 aromatic rings. The zero-order valence-corrected chi connectivity index (χ0v) is 26.6. The fourth-order valence-electron chi connectivity index (χ4n) is 5.90. The van der Waals surface area contributed by atoms with Crippen molar-refractivity contribution in [2.45, 2.75) is 91.1 Å². The molecule has 9 nitrogen and oxygen atoms in total. The normalized spacial score (nSPS) is 18.1. The number of fused-ring (bicyclic) bond motifs is 2. The second-order valence-electron chi connectivity index (χ2n) is 12.8. The van der Waals surface area contributed by atoms with Crippen LogP contribution >= 0.6 is 11.3 Å². The van der Waals surface area contributed by atoms with Crippen LogP contribution in [-0.4, -0.2) is 73.0 Å². The Hall–Kier alpha value is -3.11. The lowest BCUT2D eigenvalue weighted by atomic mass is 9.74. The highest BCUT2D eigenvalue weighted by Crippen LogP contribution is 2.46. The van der Waals surface area contributed by atoms with Crippen LogP contribution in [0.25, 0.3) is 17.0 Å². The summed E-state index contributed by atoms with van der Waals surface area (Å²) >= 11 is 1.96. The number of likely N-dealkylation sites (tertiary alicyclic amines) is 1. The van der Waals surface area contributed by atoms with E-state index in [2.05, 4.69) is 72.3 Å². The molecule has 0 unspecified atom stereocenters. The summed E-state index contributed by atoms with van der Waals surface area (Å²) in [6, 6.07) is 0. The van der Waals surface area contributed by atoms with Crippen LogP contribution in [0.5, 0.6) is 0 Å². The van der Waals surface area contributed by atoms with Gasteiger partial charge < -0.3 is 10.2 Å². The number of rotatable bonds is 5. The van der Waals surface area contributed by atoms with Crippen LogP contribution in [0.2, 0.25) is 0 Å². The average Bonchev–Trinajstić information content (AvgIpc) is 3.58. The van der Waals surface area contributed by atoms with Gasteiger partial charge in [0.1, 0.15) is 0 Å². The Labute approximate surface area is 247 Å². The molecule has 5 rings (SSSR count). The summed E-state index contributed by atoms with van der Waals surface area (Å²) in [5, 5.41) is 11.4. The minimum atomic E-state index is -0.665. The topological polar surface area (TPSA) is 107 Å². The van der Waals surface area contributed by atoms with Crippen molar-refractivity contribution in [2.75, 3.05) is 25.5 Å². The Bertz CT molecular complexity index is 1390. The van der Waals surface area contributed by atoms with Gasteiger partial charge in [-0.2, -0.15) is 5.10 Å². The highest BCUT2D eigenvalue weighted by Gasteiger charge is 2.44. The van der Waals surface area contributed by atoms with Crippen LogP contribution in [0.15, 0.2) is 24.7 Å². The second kappa shape index (κ2) is 12.4. The van der Waals surface area contributed by atoms with Gasteiger partial charge in [0.2, 0.25) is 0 Å². The van der Waals surface area contributed by atoms with Gasteiger partial charge in [0.15, 0.2) is 0 Å². The second-order valence-corrected chi connectivity index (χ2v) is 13.9. The molecular formula is C31H45N7O2S. The van der Waals surface area contributed by atoms with E-state index in [1.165, 1.54) is 52.4 Å². The SMILES string of the molecule is CCN(CC(C)C)C(=O)C(=O)Nc1cncc2cn[nH]c12.CN1C(C)(C)CC(c2nc3c(s2)CCC=C3)CC1(C)C. The molecule has 1 aliphatic heterocycles. The maximum Gasteiger partial charge on any atom is 0.314 e. The molecule has 222 valence electrons. The summed E-state index contributed by atoms with van der Waals surface area (Å²) < 4.78 is 0. The standard InChI is InChI=1S/C17H26N2S.C14H19N5O2/c1-16(2)10-12(11-17(3,4)19(16)5)15-18-13-8-6-7-9-14(13)20-15;1-4-19(8-9(2)3)14(21)13(20)17-11-7-15-5-10-6-16-18-12(10)11/h6,8,12H,7,9-11H2,1-5H3;5-7,9H,4,8H2,1-3H3,(H,16,18)(H,17,20). The number of aryl methyl sites for hydroxylation is 1. The Morgan fingerprint density at radius 3 is 2.51 bits per heavy atom. The summed E-state index contributed by atoms with van der Waals surface area (Å²) in [7, 11) is 2.27. The molecule has 1 fully saturated rings. The lowest BCUT2D eigenvalue weighted by Crippen LogP contribution is -2.58. The van der Waals surface area contributed by atoms with Crippen molar-refractivity contribution in [1.82, 2.24) is 30.0 Å². The maximum absolute atomic E-state index is 12.2. The monoisotopic (exact) mass is 579 g/mol. The van der Waals surface area contributed by atoms with Crippen molar-refractivity contribution in [1.29, 1.82) is 0 Å². The predicted molar refractivity (Wildman–Crippen MR) is 167 cm³/mol. The molecule has 10 heteroatoms. The smallest absolute Gasteiger partial charge is 0.314 e. The maximum atomic E-state index is 12.2.